The van der Waals surface area contributed by atoms with Gasteiger partial charge >= 0.3 is 0 Å². The summed E-state index contributed by atoms with van der Waals surface area (Å²) in [6, 6.07) is 6.21. The Kier molecular flexibility index (Phi) is 4.64. The lowest BCUT2D eigenvalue weighted by Gasteiger charge is -2.18. The first-order valence-corrected chi connectivity index (χ1v) is 7.24. The number of nitrogens with zero attached hydrogens (tertiary/aromatic N) is 2. The van der Waals surface area contributed by atoms with Gasteiger partial charge in [0.2, 0.25) is 0 Å². The highest BCUT2D eigenvalue weighted by atomic mass is 127. The number of aromatic nitrogens is 2. The average Bonchev–Trinajstić information content (AvgIpc) is 2.76. The van der Waals surface area contributed by atoms with Crippen molar-refractivity contribution in [2.75, 3.05) is 6.54 Å². The highest BCUT2D eigenvalue weighted by Crippen LogP contribution is 2.26. The number of imidazole rings is 1. The fraction of sp³-hybridized carbons (Fsp3) is 0.308. The predicted molar refractivity (Wildman–Crippen MR) is 82.9 cm³/mol. The van der Waals surface area contributed by atoms with Crippen molar-refractivity contribution < 1.29 is 0 Å². The molecule has 0 aliphatic rings. The Bertz CT molecular complexity index is 539. The second-order valence-corrected chi connectivity index (χ2v) is 5.63. The van der Waals surface area contributed by atoms with Crippen LogP contribution in [0.1, 0.15) is 24.4 Å². The molecule has 0 spiro atoms. The lowest BCUT2D eigenvalue weighted by molar-refractivity contribution is 0.577. The molecule has 1 atom stereocenters. The van der Waals surface area contributed by atoms with E-state index in [9.17, 15) is 0 Å². The van der Waals surface area contributed by atoms with Crippen molar-refractivity contribution in [2.24, 2.45) is 7.05 Å². The molecule has 2 rings (SSSR count). The molecule has 18 heavy (non-hydrogen) atoms. The SMILES string of the molecule is CCNC(c1ccc(I)c(Cl)c1)c1nccn1C. The van der Waals surface area contributed by atoms with E-state index in [1.54, 1.807) is 0 Å². The molecular formula is C13H15ClIN3. The number of hydrogen-bond acceptors (Lipinski definition) is 2. The summed E-state index contributed by atoms with van der Waals surface area (Å²) in [5.41, 5.74) is 1.14. The van der Waals surface area contributed by atoms with Crippen LogP contribution in [0.25, 0.3) is 0 Å². The highest BCUT2D eigenvalue weighted by molar-refractivity contribution is 14.1. The average molecular weight is 376 g/mol. The Hall–Kier alpha value is -0.590. The molecule has 0 bridgehead atoms. The van der Waals surface area contributed by atoms with Crippen molar-refractivity contribution in [1.82, 2.24) is 14.9 Å². The summed E-state index contributed by atoms with van der Waals surface area (Å²) in [5.74, 6) is 0.995. The van der Waals surface area contributed by atoms with E-state index in [1.807, 2.05) is 36.1 Å². The molecule has 5 heteroatoms. The molecule has 0 radical (unpaired) electrons. The molecule has 1 unspecified atom stereocenters. The second-order valence-electron chi connectivity index (χ2n) is 4.06. The van der Waals surface area contributed by atoms with Crippen LogP contribution >= 0.6 is 34.2 Å². The summed E-state index contributed by atoms with van der Waals surface area (Å²) in [6.45, 7) is 2.96. The highest BCUT2D eigenvalue weighted by Gasteiger charge is 2.17. The lowest BCUT2D eigenvalue weighted by atomic mass is 10.1. The van der Waals surface area contributed by atoms with Gasteiger partial charge in [-0.3, -0.25) is 0 Å². The predicted octanol–water partition coefficient (Wildman–Crippen LogP) is 3.38. The third kappa shape index (κ3) is 2.87. The zero-order valence-corrected chi connectivity index (χ0v) is 13.2. The normalized spacial score (nSPS) is 12.7. The van der Waals surface area contributed by atoms with Gasteiger partial charge in [0.1, 0.15) is 5.82 Å². The van der Waals surface area contributed by atoms with Gasteiger partial charge in [-0.05, 0) is 46.8 Å². The van der Waals surface area contributed by atoms with Gasteiger partial charge in [-0.1, -0.05) is 24.6 Å². The fourth-order valence-corrected chi connectivity index (χ4v) is 2.43. The van der Waals surface area contributed by atoms with Gasteiger partial charge in [0, 0.05) is 23.0 Å². The van der Waals surface area contributed by atoms with Crippen LogP contribution < -0.4 is 5.32 Å². The molecule has 0 amide bonds. The zero-order valence-electron chi connectivity index (χ0n) is 10.3. The molecule has 0 saturated heterocycles. The van der Waals surface area contributed by atoms with Gasteiger partial charge in [0.05, 0.1) is 11.1 Å². The van der Waals surface area contributed by atoms with Crippen LogP contribution in [0.3, 0.4) is 0 Å². The molecule has 3 nitrogen and oxygen atoms in total. The Morgan fingerprint density at radius 1 is 1.50 bits per heavy atom. The smallest absolute Gasteiger partial charge is 0.130 e. The van der Waals surface area contributed by atoms with E-state index in [-0.39, 0.29) is 6.04 Å². The fourth-order valence-electron chi connectivity index (χ4n) is 1.91. The Morgan fingerprint density at radius 2 is 2.28 bits per heavy atom. The maximum absolute atomic E-state index is 6.20. The Morgan fingerprint density at radius 3 is 2.83 bits per heavy atom. The van der Waals surface area contributed by atoms with Crippen molar-refractivity contribution >= 4 is 34.2 Å². The standard InChI is InChI=1S/C13H15ClIN3/c1-3-16-12(13-17-6-7-18(13)2)9-4-5-11(15)10(14)8-9/h4-8,12,16H,3H2,1-2H3. The van der Waals surface area contributed by atoms with Crippen molar-refractivity contribution in [3.63, 3.8) is 0 Å². The van der Waals surface area contributed by atoms with E-state index >= 15 is 0 Å². The minimum Gasteiger partial charge on any atom is -0.336 e. The second kappa shape index (κ2) is 6.04. The lowest BCUT2D eigenvalue weighted by Crippen LogP contribution is -2.24. The Balaban J connectivity index is 2.41. The summed E-state index contributed by atoms with van der Waals surface area (Å²) in [4.78, 5) is 4.42. The molecule has 1 N–H and O–H groups in total. The van der Waals surface area contributed by atoms with Gasteiger partial charge in [-0.25, -0.2) is 4.98 Å². The quantitative estimate of drug-likeness (QED) is 0.830. The van der Waals surface area contributed by atoms with Crippen LogP contribution in [-0.2, 0) is 7.05 Å². The number of halogens is 2. The van der Waals surface area contributed by atoms with Crippen molar-refractivity contribution in [1.29, 1.82) is 0 Å². The summed E-state index contributed by atoms with van der Waals surface area (Å²) in [7, 11) is 2.00. The van der Waals surface area contributed by atoms with Crippen LogP contribution in [0, 0.1) is 3.57 Å². The van der Waals surface area contributed by atoms with E-state index in [1.165, 1.54) is 0 Å². The number of hydrogen-bond donors (Lipinski definition) is 1. The maximum Gasteiger partial charge on any atom is 0.130 e. The molecule has 0 aliphatic heterocycles. The molecule has 1 aromatic carbocycles. The molecule has 0 saturated carbocycles. The summed E-state index contributed by atoms with van der Waals surface area (Å²) in [6.07, 6.45) is 3.77. The topological polar surface area (TPSA) is 29.9 Å². The molecular weight excluding hydrogens is 361 g/mol. The van der Waals surface area contributed by atoms with Crippen molar-refractivity contribution in [3.8, 4) is 0 Å². The minimum absolute atomic E-state index is 0.0736. The molecule has 0 aliphatic carbocycles. The largest absolute Gasteiger partial charge is 0.336 e. The molecule has 96 valence electrons. The van der Waals surface area contributed by atoms with Gasteiger partial charge in [0.25, 0.3) is 0 Å². The van der Waals surface area contributed by atoms with Gasteiger partial charge < -0.3 is 9.88 Å². The Labute approximate surface area is 126 Å². The van der Waals surface area contributed by atoms with Gasteiger partial charge in [-0.15, -0.1) is 0 Å². The molecule has 0 fully saturated rings. The van der Waals surface area contributed by atoms with Crippen molar-refractivity contribution in [3.05, 3.63) is 50.6 Å². The minimum atomic E-state index is 0.0736. The monoisotopic (exact) mass is 375 g/mol. The zero-order chi connectivity index (χ0) is 13.1. The van der Waals surface area contributed by atoms with E-state index in [0.29, 0.717) is 0 Å². The van der Waals surface area contributed by atoms with E-state index in [0.717, 1.165) is 26.5 Å². The van der Waals surface area contributed by atoms with E-state index in [4.69, 9.17) is 11.6 Å². The number of aryl methyl sites for hydroxylation is 1. The number of benzene rings is 1. The number of rotatable bonds is 4. The first-order valence-electron chi connectivity index (χ1n) is 5.79. The third-order valence-electron chi connectivity index (χ3n) is 2.80. The number of nitrogens with one attached hydrogen (secondary N) is 1. The van der Waals surface area contributed by atoms with Crippen LogP contribution in [-0.4, -0.2) is 16.1 Å². The third-order valence-corrected chi connectivity index (χ3v) is 4.37. The van der Waals surface area contributed by atoms with Gasteiger partial charge in [0.15, 0.2) is 0 Å². The van der Waals surface area contributed by atoms with Crippen molar-refractivity contribution in [2.45, 2.75) is 13.0 Å². The van der Waals surface area contributed by atoms with Gasteiger partial charge in [-0.2, -0.15) is 0 Å². The first kappa shape index (κ1) is 13.8. The summed E-state index contributed by atoms with van der Waals surface area (Å²) < 4.78 is 3.09. The van der Waals surface area contributed by atoms with Crippen LogP contribution in [0.4, 0.5) is 0 Å². The van der Waals surface area contributed by atoms with Crippen LogP contribution in [0.15, 0.2) is 30.6 Å². The van der Waals surface area contributed by atoms with Crippen LogP contribution in [0.5, 0.6) is 0 Å². The first-order chi connectivity index (χ1) is 8.63. The summed E-state index contributed by atoms with van der Waals surface area (Å²) >= 11 is 8.43. The molecule has 2 aromatic rings. The van der Waals surface area contributed by atoms with E-state index < -0.39 is 0 Å². The van der Waals surface area contributed by atoms with Crippen LogP contribution in [0.2, 0.25) is 5.02 Å². The maximum atomic E-state index is 6.20. The molecule has 1 aromatic heterocycles. The molecule has 1 heterocycles. The summed E-state index contributed by atoms with van der Waals surface area (Å²) in [5, 5.41) is 4.23. The van der Waals surface area contributed by atoms with E-state index in [2.05, 4.69) is 45.9 Å².